The molecule has 0 aromatic heterocycles. The Hall–Kier alpha value is -3.90. The van der Waals surface area contributed by atoms with Crippen molar-refractivity contribution in [3.63, 3.8) is 0 Å². The van der Waals surface area contributed by atoms with Gasteiger partial charge in [0.2, 0.25) is 6.23 Å². The average Bonchev–Trinajstić information content (AvgIpc) is 3.29. The Bertz CT molecular complexity index is 1450. The molecule has 0 spiro atoms. The number of non-ortho nitro benzene ring substituents is 1. The molecule has 2 atom stereocenters. The third-order valence-corrected chi connectivity index (χ3v) is 6.44. The number of nitro groups is 1. The van der Waals surface area contributed by atoms with Gasteiger partial charge in [0.25, 0.3) is 5.69 Å². The van der Waals surface area contributed by atoms with Crippen LogP contribution in [0, 0.1) is 10.1 Å². The zero-order chi connectivity index (χ0) is 22.5. The van der Waals surface area contributed by atoms with Gasteiger partial charge in [-0.05, 0) is 40.6 Å². The maximum Gasteiger partial charge on any atom is 0.269 e. The lowest BCUT2D eigenvalue weighted by Crippen LogP contribution is -2.33. The molecule has 0 fully saturated rings. The van der Waals surface area contributed by atoms with Crippen LogP contribution in [0.4, 0.5) is 5.69 Å². The first-order valence-corrected chi connectivity index (χ1v) is 11.0. The van der Waals surface area contributed by atoms with E-state index >= 15 is 0 Å². The van der Waals surface area contributed by atoms with E-state index in [2.05, 4.69) is 30.3 Å². The summed E-state index contributed by atoms with van der Waals surface area (Å²) in [7, 11) is 0. The molecule has 6 nitrogen and oxygen atoms in total. The van der Waals surface area contributed by atoms with Crippen LogP contribution in [0.15, 0.2) is 90.0 Å². The molecule has 0 saturated carbocycles. The van der Waals surface area contributed by atoms with Gasteiger partial charge in [-0.25, -0.2) is 5.01 Å². The average molecular weight is 456 g/mol. The molecule has 0 amide bonds. The predicted molar refractivity (Wildman–Crippen MR) is 128 cm³/mol. The third-order valence-electron chi connectivity index (χ3n) is 6.20. The summed E-state index contributed by atoms with van der Waals surface area (Å²) in [5.74, 6) is 0.715. The largest absolute Gasteiger partial charge is 0.464 e. The van der Waals surface area contributed by atoms with Crippen LogP contribution < -0.4 is 4.74 Å². The van der Waals surface area contributed by atoms with Crippen LogP contribution >= 0.6 is 11.6 Å². The number of hydrazone groups is 1. The summed E-state index contributed by atoms with van der Waals surface area (Å²) in [6.07, 6.45) is 0.0991. The topological polar surface area (TPSA) is 68.0 Å². The summed E-state index contributed by atoms with van der Waals surface area (Å²) in [5, 5.41) is 21.2. The predicted octanol–water partition coefficient (Wildman–Crippen LogP) is 6.64. The second-order valence-corrected chi connectivity index (χ2v) is 8.65. The summed E-state index contributed by atoms with van der Waals surface area (Å²) in [6, 6.07) is 26.6. The summed E-state index contributed by atoms with van der Waals surface area (Å²) in [4.78, 5) is 11.0. The monoisotopic (exact) mass is 455 g/mol. The fraction of sp³-hybridized carbons (Fsp3) is 0.115. The second kappa shape index (κ2) is 7.60. The van der Waals surface area contributed by atoms with Gasteiger partial charge in [-0.15, -0.1) is 0 Å². The van der Waals surface area contributed by atoms with Crippen molar-refractivity contribution in [3.8, 4) is 5.75 Å². The summed E-state index contributed by atoms with van der Waals surface area (Å²) in [5.41, 5.74) is 3.65. The molecule has 33 heavy (non-hydrogen) atoms. The van der Waals surface area contributed by atoms with Gasteiger partial charge < -0.3 is 4.74 Å². The molecule has 0 saturated heterocycles. The SMILES string of the molecule is O=[N+]([O-])c1cccc([C@@H]2Oc3ccc(Cl)cc3[C@@H]3CC(c4ccc5ccccc5c4)=NN32)c1. The molecule has 0 N–H and O–H groups in total. The fourth-order valence-electron chi connectivity index (χ4n) is 4.61. The lowest BCUT2D eigenvalue weighted by Gasteiger charge is -2.38. The van der Waals surface area contributed by atoms with Crippen molar-refractivity contribution in [2.75, 3.05) is 0 Å². The number of benzene rings is 4. The van der Waals surface area contributed by atoms with Crippen molar-refractivity contribution in [2.45, 2.75) is 18.7 Å². The van der Waals surface area contributed by atoms with Crippen molar-refractivity contribution in [1.29, 1.82) is 0 Å². The number of fused-ring (bicyclic) bond motifs is 4. The number of ether oxygens (including phenoxy) is 1. The van der Waals surface area contributed by atoms with Crippen LogP contribution in [0.25, 0.3) is 10.8 Å². The maximum atomic E-state index is 11.4. The van der Waals surface area contributed by atoms with Gasteiger partial charge in [-0.1, -0.05) is 60.1 Å². The maximum absolute atomic E-state index is 11.4. The zero-order valence-electron chi connectivity index (χ0n) is 17.4. The van der Waals surface area contributed by atoms with E-state index in [1.165, 1.54) is 11.5 Å². The van der Waals surface area contributed by atoms with Gasteiger partial charge in [0.05, 0.1) is 16.7 Å². The van der Waals surface area contributed by atoms with Crippen LogP contribution in [-0.4, -0.2) is 15.6 Å². The number of rotatable bonds is 3. The van der Waals surface area contributed by atoms with E-state index in [1.54, 1.807) is 18.2 Å². The third kappa shape index (κ3) is 3.39. The molecule has 0 unspecified atom stereocenters. The van der Waals surface area contributed by atoms with Gasteiger partial charge in [0, 0.05) is 34.7 Å². The molecule has 2 aliphatic rings. The smallest absolute Gasteiger partial charge is 0.269 e. The Kier molecular flexibility index (Phi) is 4.55. The first-order chi connectivity index (χ1) is 16.1. The van der Waals surface area contributed by atoms with Gasteiger partial charge in [-0.2, -0.15) is 5.10 Å². The fourth-order valence-corrected chi connectivity index (χ4v) is 4.79. The molecular formula is C26H18ClN3O3. The standard InChI is InChI=1S/C26H18ClN3O3/c27-20-10-11-25-22(14-20)24-15-23(18-9-8-16-4-1-2-5-17(16)12-18)28-29(24)26(33-25)19-6-3-7-21(13-19)30(31)32/h1-14,24,26H,15H2/t24-,26-/m0/s1. The van der Waals surface area contributed by atoms with Gasteiger partial charge in [0.15, 0.2) is 0 Å². The van der Waals surface area contributed by atoms with Gasteiger partial charge in [-0.3, -0.25) is 10.1 Å². The molecule has 2 heterocycles. The second-order valence-electron chi connectivity index (χ2n) is 8.21. The van der Waals surface area contributed by atoms with Gasteiger partial charge >= 0.3 is 0 Å². The molecular weight excluding hydrogens is 438 g/mol. The number of hydrogen-bond acceptors (Lipinski definition) is 5. The minimum Gasteiger partial charge on any atom is -0.464 e. The minimum atomic E-state index is -0.582. The number of nitrogens with zero attached hydrogens (tertiary/aromatic N) is 3. The van der Waals surface area contributed by atoms with E-state index in [0.717, 1.165) is 22.2 Å². The van der Waals surface area contributed by atoms with Crippen LogP contribution in [0.5, 0.6) is 5.75 Å². The Labute approximate surface area is 194 Å². The molecule has 6 rings (SSSR count). The Morgan fingerprint density at radius 1 is 0.970 bits per heavy atom. The van der Waals surface area contributed by atoms with E-state index in [0.29, 0.717) is 22.8 Å². The molecule has 7 heteroatoms. The van der Waals surface area contributed by atoms with Crippen molar-refractivity contribution in [3.05, 3.63) is 117 Å². The molecule has 4 aromatic rings. The summed E-state index contributed by atoms with van der Waals surface area (Å²) in [6.45, 7) is 0. The lowest BCUT2D eigenvalue weighted by atomic mass is 9.95. The lowest BCUT2D eigenvalue weighted by molar-refractivity contribution is -0.385. The van der Waals surface area contributed by atoms with E-state index in [9.17, 15) is 10.1 Å². The van der Waals surface area contributed by atoms with Crippen LogP contribution in [0.1, 0.15) is 35.4 Å². The highest BCUT2D eigenvalue weighted by atomic mass is 35.5. The molecule has 2 aliphatic heterocycles. The highest BCUT2D eigenvalue weighted by Gasteiger charge is 2.41. The first kappa shape index (κ1) is 19.8. The van der Waals surface area contributed by atoms with Crippen molar-refractivity contribution in [2.24, 2.45) is 5.10 Å². The van der Waals surface area contributed by atoms with E-state index in [4.69, 9.17) is 21.4 Å². The van der Waals surface area contributed by atoms with E-state index in [-0.39, 0.29) is 11.7 Å². The van der Waals surface area contributed by atoms with Crippen molar-refractivity contribution in [1.82, 2.24) is 5.01 Å². The Balaban J connectivity index is 1.46. The number of hydrogen-bond donors (Lipinski definition) is 0. The number of nitro benzene ring substituents is 1. The van der Waals surface area contributed by atoms with Crippen LogP contribution in [-0.2, 0) is 0 Å². The molecule has 0 radical (unpaired) electrons. The quantitative estimate of drug-likeness (QED) is 0.256. The van der Waals surface area contributed by atoms with Crippen LogP contribution in [0.2, 0.25) is 5.02 Å². The zero-order valence-corrected chi connectivity index (χ0v) is 18.1. The normalized spacial score (nSPS) is 18.9. The molecule has 4 aromatic carbocycles. The highest BCUT2D eigenvalue weighted by Crippen LogP contribution is 2.48. The molecule has 162 valence electrons. The van der Waals surface area contributed by atoms with Crippen LogP contribution in [0.3, 0.4) is 0 Å². The Morgan fingerprint density at radius 3 is 2.67 bits per heavy atom. The molecule has 0 bridgehead atoms. The number of halogens is 1. The summed E-state index contributed by atoms with van der Waals surface area (Å²) >= 11 is 6.31. The first-order valence-electron chi connectivity index (χ1n) is 10.6. The highest BCUT2D eigenvalue weighted by molar-refractivity contribution is 6.30. The van der Waals surface area contributed by atoms with Gasteiger partial charge in [0.1, 0.15) is 5.75 Å². The van der Waals surface area contributed by atoms with Crippen molar-refractivity contribution >= 4 is 33.8 Å². The van der Waals surface area contributed by atoms with E-state index < -0.39 is 11.2 Å². The minimum absolute atomic E-state index is 0.0208. The summed E-state index contributed by atoms with van der Waals surface area (Å²) < 4.78 is 6.31. The Morgan fingerprint density at radius 2 is 1.82 bits per heavy atom. The molecule has 0 aliphatic carbocycles. The van der Waals surface area contributed by atoms with Crippen molar-refractivity contribution < 1.29 is 9.66 Å². The van der Waals surface area contributed by atoms with E-state index in [1.807, 2.05) is 35.3 Å².